The summed E-state index contributed by atoms with van der Waals surface area (Å²) in [5, 5.41) is 9.47. The van der Waals surface area contributed by atoms with Crippen molar-refractivity contribution in [2.75, 3.05) is 20.1 Å². The highest BCUT2D eigenvalue weighted by Gasteiger charge is 2.25. The number of carbonyl (C=O) groups is 1. The van der Waals surface area contributed by atoms with Gasteiger partial charge in [0, 0.05) is 32.4 Å². The van der Waals surface area contributed by atoms with Gasteiger partial charge in [-0.1, -0.05) is 47.0 Å². The molecule has 0 heterocycles. The molecule has 0 N–H and O–H groups in total. The molecular weight excluding hydrogens is 286 g/mol. The van der Waals surface area contributed by atoms with Crippen molar-refractivity contribution in [1.29, 1.82) is 5.26 Å². The van der Waals surface area contributed by atoms with Crippen molar-refractivity contribution in [3.05, 3.63) is 11.8 Å². The molecule has 0 radical (unpaired) electrons. The molecule has 1 amide bonds. The Bertz CT molecular complexity index is 432. The van der Waals surface area contributed by atoms with Crippen LogP contribution in [0.15, 0.2) is 11.8 Å². The summed E-state index contributed by atoms with van der Waals surface area (Å²) in [5.74, 6) is 0.865. The fourth-order valence-corrected chi connectivity index (χ4v) is 3.26. The zero-order valence-corrected chi connectivity index (χ0v) is 15.5. The normalized spacial score (nSPS) is 16.5. The second-order valence-electron chi connectivity index (χ2n) is 7.60. The number of rotatable bonds is 7. The zero-order chi connectivity index (χ0) is 17.4. The van der Waals surface area contributed by atoms with E-state index in [1.807, 2.05) is 7.05 Å². The van der Waals surface area contributed by atoms with Gasteiger partial charge in [-0.25, -0.2) is 0 Å². The number of nitriles is 1. The van der Waals surface area contributed by atoms with Gasteiger partial charge in [-0.2, -0.15) is 5.26 Å². The van der Waals surface area contributed by atoms with Crippen LogP contribution in [-0.4, -0.2) is 41.9 Å². The number of hydrogen-bond acceptors (Lipinski definition) is 3. The maximum atomic E-state index is 12.7. The summed E-state index contributed by atoms with van der Waals surface area (Å²) < 4.78 is 0. The number of carbonyl (C=O) groups excluding carboxylic acids is 1. The molecule has 0 unspecified atom stereocenters. The first-order valence-electron chi connectivity index (χ1n) is 8.98. The summed E-state index contributed by atoms with van der Waals surface area (Å²) >= 11 is 0. The van der Waals surface area contributed by atoms with Crippen molar-refractivity contribution < 1.29 is 4.79 Å². The van der Waals surface area contributed by atoms with Crippen LogP contribution in [0.4, 0.5) is 0 Å². The monoisotopic (exact) mass is 319 g/mol. The maximum absolute atomic E-state index is 12.7. The summed E-state index contributed by atoms with van der Waals surface area (Å²) in [6, 6.07) is 2.42. The molecule has 1 rings (SSSR count). The summed E-state index contributed by atoms with van der Waals surface area (Å²) in [6.45, 7) is 10.4. The molecule has 130 valence electrons. The van der Waals surface area contributed by atoms with Crippen LogP contribution in [0.25, 0.3) is 0 Å². The van der Waals surface area contributed by atoms with Crippen LogP contribution in [0.2, 0.25) is 0 Å². The lowest BCUT2D eigenvalue weighted by Crippen LogP contribution is -2.39. The molecule has 0 saturated heterocycles. The Hall–Kier alpha value is -1.50. The number of amides is 1. The molecule has 0 atom stereocenters. The van der Waals surface area contributed by atoms with E-state index >= 15 is 0 Å². The lowest BCUT2D eigenvalue weighted by molar-refractivity contribution is -0.128. The molecule has 1 fully saturated rings. The maximum Gasteiger partial charge on any atom is 0.265 e. The van der Waals surface area contributed by atoms with Crippen LogP contribution in [0.5, 0.6) is 0 Å². The summed E-state index contributed by atoms with van der Waals surface area (Å²) in [6.07, 6.45) is 7.52. The van der Waals surface area contributed by atoms with Crippen molar-refractivity contribution in [3.63, 3.8) is 0 Å². The number of nitrogens with zero attached hydrogens (tertiary/aromatic N) is 3. The predicted octanol–water partition coefficient (Wildman–Crippen LogP) is 3.80. The molecule has 0 aromatic rings. The van der Waals surface area contributed by atoms with E-state index in [0.717, 1.165) is 25.9 Å². The van der Waals surface area contributed by atoms with Gasteiger partial charge in [-0.3, -0.25) is 4.79 Å². The van der Waals surface area contributed by atoms with E-state index in [0.29, 0.717) is 11.8 Å². The average molecular weight is 319 g/mol. The average Bonchev–Trinajstić information content (AvgIpc) is 2.50. The van der Waals surface area contributed by atoms with Gasteiger partial charge in [0.2, 0.25) is 0 Å². The van der Waals surface area contributed by atoms with Crippen LogP contribution >= 0.6 is 0 Å². The molecule has 0 aromatic carbocycles. The molecule has 1 aliphatic carbocycles. The topological polar surface area (TPSA) is 47.3 Å². The molecular formula is C19H33N3O. The molecule has 4 heteroatoms. The Kier molecular flexibility index (Phi) is 8.16. The number of likely N-dealkylation sites (N-methyl/N-ethyl adjacent to an activating group) is 1. The van der Waals surface area contributed by atoms with Crippen LogP contribution in [0, 0.1) is 23.2 Å². The standard InChI is InChI=1S/C19H33N3O/c1-15(2)12-22(13-16(3)4)14-17(11-20)19(23)21(5)18-9-7-6-8-10-18/h14-16,18H,6-10,12-13H2,1-5H3/b17-14-. The highest BCUT2D eigenvalue weighted by molar-refractivity contribution is 5.97. The molecule has 23 heavy (non-hydrogen) atoms. The molecule has 0 bridgehead atoms. The molecule has 1 aliphatic rings. The van der Waals surface area contributed by atoms with Gasteiger partial charge >= 0.3 is 0 Å². The van der Waals surface area contributed by atoms with E-state index < -0.39 is 0 Å². The van der Waals surface area contributed by atoms with Gasteiger partial charge in [0.15, 0.2) is 0 Å². The minimum absolute atomic E-state index is 0.128. The molecule has 0 aliphatic heterocycles. The Labute approximate surface area is 142 Å². The first-order valence-corrected chi connectivity index (χ1v) is 8.98. The highest BCUT2D eigenvalue weighted by Crippen LogP contribution is 2.22. The Morgan fingerprint density at radius 1 is 1.13 bits per heavy atom. The van der Waals surface area contributed by atoms with Gasteiger partial charge < -0.3 is 9.80 Å². The van der Waals surface area contributed by atoms with Gasteiger partial charge in [-0.05, 0) is 24.7 Å². The molecule has 1 saturated carbocycles. The lowest BCUT2D eigenvalue weighted by atomic mass is 9.94. The quantitative estimate of drug-likeness (QED) is 0.530. The van der Waals surface area contributed by atoms with Crippen molar-refractivity contribution in [2.45, 2.75) is 65.8 Å². The molecule has 0 spiro atoms. The Morgan fingerprint density at radius 2 is 1.65 bits per heavy atom. The second-order valence-corrected chi connectivity index (χ2v) is 7.60. The Balaban J connectivity index is 2.84. The third kappa shape index (κ3) is 6.64. The minimum Gasteiger partial charge on any atom is -0.376 e. The van der Waals surface area contributed by atoms with Crippen LogP contribution in [-0.2, 0) is 4.79 Å². The largest absolute Gasteiger partial charge is 0.376 e. The third-order valence-corrected chi connectivity index (χ3v) is 4.30. The van der Waals surface area contributed by atoms with E-state index in [-0.39, 0.29) is 17.5 Å². The van der Waals surface area contributed by atoms with Crippen molar-refractivity contribution >= 4 is 5.91 Å². The van der Waals surface area contributed by atoms with Gasteiger partial charge in [-0.15, -0.1) is 0 Å². The smallest absolute Gasteiger partial charge is 0.265 e. The molecule has 0 aromatic heterocycles. The van der Waals surface area contributed by atoms with Crippen LogP contribution in [0.1, 0.15) is 59.8 Å². The minimum atomic E-state index is -0.128. The van der Waals surface area contributed by atoms with Crippen LogP contribution < -0.4 is 0 Å². The van der Waals surface area contributed by atoms with E-state index in [9.17, 15) is 10.1 Å². The number of hydrogen-bond donors (Lipinski definition) is 0. The summed E-state index contributed by atoms with van der Waals surface area (Å²) in [5.41, 5.74) is 0.263. The first-order chi connectivity index (χ1) is 10.8. The van der Waals surface area contributed by atoms with E-state index in [1.54, 1.807) is 11.1 Å². The molecule has 4 nitrogen and oxygen atoms in total. The Morgan fingerprint density at radius 3 is 2.09 bits per heavy atom. The lowest BCUT2D eigenvalue weighted by Gasteiger charge is -2.31. The third-order valence-electron chi connectivity index (χ3n) is 4.30. The summed E-state index contributed by atoms with van der Waals surface area (Å²) in [4.78, 5) is 16.6. The fourth-order valence-electron chi connectivity index (χ4n) is 3.26. The summed E-state index contributed by atoms with van der Waals surface area (Å²) in [7, 11) is 1.85. The van der Waals surface area contributed by atoms with Gasteiger partial charge in [0.1, 0.15) is 11.6 Å². The van der Waals surface area contributed by atoms with Crippen molar-refractivity contribution in [3.8, 4) is 6.07 Å². The van der Waals surface area contributed by atoms with Crippen molar-refractivity contribution in [1.82, 2.24) is 9.80 Å². The second kappa shape index (κ2) is 9.60. The predicted molar refractivity (Wildman–Crippen MR) is 94.6 cm³/mol. The van der Waals surface area contributed by atoms with E-state index in [2.05, 4.69) is 38.7 Å². The zero-order valence-electron chi connectivity index (χ0n) is 15.5. The van der Waals surface area contributed by atoms with E-state index in [4.69, 9.17) is 0 Å². The highest BCUT2D eigenvalue weighted by atomic mass is 16.2. The SMILES string of the molecule is CC(C)CN(/C=C(/C#N)C(=O)N(C)C1CCCCC1)CC(C)C. The van der Waals surface area contributed by atoms with Crippen molar-refractivity contribution in [2.24, 2.45) is 11.8 Å². The first kappa shape index (κ1) is 19.5. The van der Waals surface area contributed by atoms with Gasteiger partial charge in [0.05, 0.1) is 0 Å². The van der Waals surface area contributed by atoms with E-state index in [1.165, 1.54) is 19.3 Å². The van der Waals surface area contributed by atoms with Crippen LogP contribution in [0.3, 0.4) is 0 Å². The van der Waals surface area contributed by atoms with Gasteiger partial charge in [0.25, 0.3) is 5.91 Å². The fraction of sp³-hybridized carbons (Fsp3) is 0.789.